The van der Waals surface area contributed by atoms with Gasteiger partial charge in [-0.25, -0.2) is 9.59 Å². The number of methoxy groups -OCH3 is 4. The third kappa shape index (κ3) is 5.24. The minimum atomic E-state index is -0.997. The molecule has 2 aromatic rings. The standard InChI is InChI=1S/C26H26N4O7/c1-34-14-20(31)29-18-12-16(10-11-19(18)35-2)30-23(26(33)37-4)22(25(32)36-3)21(17(13-27)24(30)28)15-8-6-5-7-9-15/h5-12,21H,14,28H2,1-4H3,(H,29,31). The zero-order valence-corrected chi connectivity index (χ0v) is 20.7. The van der Waals surface area contributed by atoms with E-state index in [0.29, 0.717) is 11.3 Å². The molecular formula is C26H26N4O7. The van der Waals surface area contributed by atoms with Crippen molar-refractivity contribution in [3.63, 3.8) is 0 Å². The van der Waals surface area contributed by atoms with Gasteiger partial charge in [0.05, 0.1) is 55.8 Å². The average Bonchev–Trinajstić information content (AvgIpc) is 2.91. The highest BCUT2D eigenvalue weighted by atomic mass is 16.5. The Hall–Kier alpha value is -4.82. The highest BCUT2D eigenvalue weighted by molar-refractivity contribution is 6.06. The van der Waals surface area contributed by atoms with Crippen molar-refractivity contribution in [1.29, 1.82) is 5.26 Å². The molecule has 192 valence electrons. The fraction of sp³-hybridized carbons (Fsp3) is 0.231. The lowest BCUT2D eigenvalue weighted by atomic mass is 9.81. The maximum Gasteiger partial charge on any atom is 0.355 e. The molecule has 0 spiro atoms. The third-order valence-corrected chi connectivity index (χ3v) is 5.60. The Balaban J connectivity index is 2.34. The van der Waals surface area contributed by atoms with Gasteiger partial charge in [0.15, 0.2) is 0 Å². The molecule has 37 heavy (non-hydrogen) atoms. The van der Waals surface area contributed by atoms with Crippen LogP contribution < -0.4 is 20.7 Å². The summed E-state index contributed by atoms with van der Waals surface area (Å²) in [4.78, 5) is 39.7. The first-order chi connectivity index (χ1) is 17.8. The smallest absolute Gasteiger partial charge is 0.355 e. The number of esters is 2. The number of nitrogens with zero attached hydrogens (tertiary/aromatic N) is 2. The van der Waals surface area contributed by atoms with Crippen molar-refractivity contribution in [2.24, 2.45) is 5.73 Å². The maximum atomic E-state index is 13.2. The van der Waals surface area contributed by atoms with Gasteiger partial charge >= 0.3 is 11.9 Å². The van der Waals surface area contributed by atoms with E-state index in [1.807, 2.05) is 0 Å². The molecule has 3 rings (SSSR count). The maximum absolute atomic E-state index is 13.2. The second-order valence-corrected chi connectivity index (χ2v) is 7.70. The number of carbonyl (C=O) groups is 3. The minimum absolute atomic E-state index is 0.0139. The van der Waals surface area contributed by atoms with Crippen LogP contribution in [0.3, 0.4) is 0 Å². The summed E-state index contributed by atoms with van der Waals surface area (Å²) in [6, 6.07) is 15.3. The van der Waals surface area contributed by atoms with Crippen LogP contribution in [0.5, 0.6) is 5.75 Å². The summed E-state index contributed by atoms with van der Waals surface area (Å²) >= 11 is 0. The number of ether oxygens (including phenoxy) is 4. The molecule has 1 aliphatic heterocycles. The van der Waals surface area contributed by atoms with E-state index in [1.54, 1.807) is 36.4 Å². The van der Waals surface area contributed by atoms with E-state index in [0.717, 1.165) is 7.11 Å². The summed E-state index contributed by atoms with van der Waals surface area (Å²) in [6.07, 6.45) is 0. The average molecular weight is 507 g/mol. The first-order valence-corrected chi connectivity index (χ1v) is 10.9. The van der Waals surface area contributed by atoms with Gasteiger partial charge in [-0.1, -0.05) is 30.3 Å². The van der Waals surface area contributed by atoms with E-state index < -0.39 is 23.8 Å². The van der Waals surface area contributed by atoms with Gasteiger partial charge in [-0.3, -0.25) is 9.69 Å². The highest BCUT2D eigenvalue weighted by Crippen LogP contribution is 2.44. The van der Waals surface area contributed by atoms with E-state index in [4.69, 9.17) is 24.7 Å². The molecule has 0 aliphatic carbocycles. The van der Waals surface area contributed by atoms with Gasteiger partial charge in [0, 0.05) is 7.11 Å². The van der Waals surface area contributed by atoms with E-state index in [9.17, 15) is 19.6 Å². The normalized spacial score (nSPS) is 15.1. The van der Waals surface area contributed by atoms with Gasteiger partial charge in [0.25, 0.3) is 0 Å². The molecule has 3 N–H and O–H groups in total. The fourth-order valence-electron chi connectivity index (χ4n) is 4.03. The van der Waals surface area contributed by atoms with E-state index in [-0.39, 0.29) is 40.6 Å². The molecule has 0 radical (unpaired) electrons. The molecule has 0 fully saturated rings. The number of nitrogens with one attached hydrogen (secondary N) is 1. The number of rotatable bonds is 8. The van der Waals surface area contributed by atoms with Gasteiger partial charge in [0.1, 0.15) is 23.9 Å². The Kier molecular flexibility index (Phi) is 8.50. The van der Waals surface area contributed by atoms with Crippen LogP contribution in [-0.2, 0) is 28.6 Å². The van der Waals surface area contributed by atoms with Crippen molar-refractivity contribution in [2.75, 3.05) is 45.3 Å². The van der Waals surface area contributed by atoms with Crippen molar-refractivity contribution in [3.8, 4) is 11.8 Å². The second-order valence-electron chi connectivity index (χ2n) is 7.70. The van der Waals surface area contributed by atoms with Crippen molar-refractivity contribution in [3.05, 3.63) is 76.8 Å². The lowest BCUT2D eigenvalue weighted by Crippen LogP contribution is -2.40. The second kappa shape index (κ2) is 11.7. The number of carbonyl (C=O) groups excluding carboxylic acids is 3. The monoisotopic (exact) mass is 506 g/mol. The first-order valence-electron chi connectivity index (χ1n) is 10.9. The Morgan fingerprint density at radius 3 is 2.27 bits per heavy atom. The Morgan fingerprint density at radius 1 is 1.03 bits per heavy atom. The lowest BCUT2D eigenvalue weighted by Gasteiger charge is -2.36. The summed E-state index contributed by atoms with van der Waals surface area (Å²) < 4.78 is 20.2. The quantitative estimate of drug-likeness (QED) is 0.509. The zero-order chi connectivity index (χ0) is 27.1. The van der Waals surface area contributed by atoms with Crippen LogP contribution in [0, 0.1) is 11.3 Å². The topological polar surface area (TPSA) is 153 Å². The van der Waals surface area contributed by atoms with Crippen molar-refractivity contribution in [2.45, 2.75) is 5.92 Å². The molecule has 1 heterocycles. The van der Waals surface area contributed by atoms with E-state index >= 15 is 0 Å². The van der Waals surface area contributed by atoms with E-state index in [2.05, 4.69) is 11.4 Å². The molecule has 11 nitrogen and oxygen atoms in total. The van der Waals surface area contributed by atoms with Crippen LogP contribution in [0.25, 0.3) is 0 Å². The summed E-state index contributed by atoms with van der Waals surface area (Å²) in [5.74, 6) is -2.98. The SMILES string of the molecule is COCC(=O)Nc1cc(N2C(N)=C(C#N)C(c3ccccc3)C(C(=O)OC)=C2C(=O)OC)ccc1OC. The molecule has 0 saturated carbocycles. The number of anilines is 2. The van der Waals surface area contributed by atoms with Crippen LogP contribution >= 0.6 is 0 Å². The summed E-state index contributed by atoms with van der Waals surface area (Å²) in [7, 11) is 5.12. The first kappa shape index (κ1) is 26.8. The molecule has 0 aromatic heterocycles. The van der Waals surface area contributed by atoms with Crippen molar-refractivity contribution in [1.82, 2.24) is 0 Å². The van der Waals surface area contributed by atoms with E-state index in [1.165, 1.54) is 38.4 Å². The van der Waals surface area contributed by atoms with Gasteiger partial charge in [0.2, 0.25) is 5.91 Å². The number of hydrogen-bond acceptors (Lipinski definition) is 10. The Bertz CT molecular complexity index is 1310. The van der Waals surface area contributed by atoms with Crippen molar-refractivity contribution < 1.29 is 33.3 Å². The predicted octanol–water partition coefficient (Wildman–Crippen LogP) is 2.18. The zero-order valence-electron chi connectivity index (χ0n) is 20.7. The Morgan fingerprint density at radius 2 is 1.70 bits per heavy atom. The van der Waals surface area contributed by atoms with Gasteiger partial charge in [-0.05, 0) is 23.8 Å². The fourth-order valence-corrected chi connectivity index (χ4v) is 4.03. The minimum Gasteiger partial charge on any atom is -0.495 e. The van der Waals surface area contributed by atoms with Crippen LogP contribution in [0.15, 0.2) is 71.2 Å². The third-order valence-electron chi connectivity index (χ3n) is 5.60. The highest BCUT2D eigenvalue weighted by Gasteiger charge is 2.43. The number of hydrogen-bond donors (Lipinski definition) is 2. The van der Waals surface area contributed by atoms with Crippen LogP contribution in [-0.4, -0.2) is 52.9 Å². The molecule has 0 bridgehead atoms. The van der Waals surface area contributed by atoms with Gasteiger partial charge in [-0.15, -0.1) is 0 Å². The molecule has 11 heteroatoms. The molecule has 2 aromatic carbocycles. The summed E-state index contributed by atoms with van der Waals surface area (Å²) in [5, 5.41) is 12.8. The summed E-state index contributed by atoms with van der Waals surface area (Å²) in [6.45, 7) is -0.212. The Labute approximate surface area is 213 Å². The molecule has 1 atom stereocenters. The van der Waals surface area contributed by atoms with Crippen molar-refractivity contribution >= 4 is 29.2 Å². The summed E-state index contributed by atoms with van der Waals surface area (Å²) in [5.41, 5.74) is 7.17. The predicted molar refractivity (Wildman–Crippen MR) is 133 cm³/mol. The number of allylic oxidation sites excluding steroid dienone is 1. The van der Waals surface area contributed by atoms with Crippen LogP contribution in [0.1, 0.15) is 11.5 Å². The molecular weight excluding hydrogens is 480 g/mol. The molecule has 1 amide bonds. The largest absolute Gasteiger partial charge is 0.495 e. The number of benzene rings is 2. The van der Waals surface area contributed by atoms with Crippen LogP contribution in [0.2, 0.25) is 0 Å². The molecule has 0 saturated heterocycles. The lowest BCUT2D eigenvalue weighted by molar-refractivity contribution is -0.139. The number of amides is 1. The van der Waals surface area contributed by atoms with Crippen LogP contribution in [0.4, 0.5) is 11.4 Å². The molecule has 1 unspecified atom stereocenters. The van der Waals surface area contributed by atoms with Gasteiger partial charge in [-0.2, -0.15) is 5.26 Å². The van der Waals surface area contributed by atoms with Gasteiger partial charge < -0.3 is 30.0 Å². The molecule has 1 aliphatic rings. The number of nitriles is 1. The number of nitrogens with two attached hydrogens (primary N) is 1.